The fraction of sp³-hybridized carbons (Fsp3) is 0.444. The molecule has 0 radical (unpaired) electrons. The predicted molar refractivity (Wildman–Crippen MR) is 56.1 cm³/mol. The van der Waals surface area contributed by atoms with Crippen LogP contribution in [0, 0.1) is 10.7 Å². The van der Waals surface area contributed by atoms with Gasteiger partial charge in [-0.15, -0.1) is 0 Å². The highest BCUT2D eigenvalue weighted by Crippen LogP contribution is 2.09. The fourth-order valence-corrected chi connectivity index (χ4v) is 1.61. The lowest BCUT2D eigenvalue weighted by Crippen LogP contribution is -2.11. The molecule has 0 fully saturated rings. The second-order valence-electron chi connectivity index (χ2n) is 3.68. The van der Waals surface area contributed by atoms with Crippen molar-refractivity contribution in [1.82, 2.24) is 4.98 Å². The second-order valence-corrected chi connectivity index (χ2v) is 5.36. The Morgan fingerprint density at radius 3 is 2.57 bits per heavy atom. The zero-order valence-electron chi connectivity index (χ0n) is 8.36. The highest BCUT2D eigenvalue weighted by atomic mass is 32.2. The Morgan fingerprint density at radius 2 is 2.21 bits per heavy atom. The van der Waals surface area contributed by atoms with Crippen molar-refractivity contribution in [2.75, 3.05) is 0 Å². The van der Waals surface area contributed by atoms with Gasteiger partial charge >= 0.3 is 0 Å². The molecule has 0 spiro atoms. The average Bonchev–Trinajstić information content (AvgIpc) is 2.02. The molecule has 0 amide bonds. The first kappa shape index (κ1) is 11.1. The molecule has 1 atom stereocenters. The van der Waals surface area contributed by atoms with Crippen LogP contribution in [0.1, 0.15) is 19.5 Å². The van der Waals surface area contributed by atoms with Crippen LogP contribution in [-0.2, 0) is 16.3 Å². The van der Waals surface area contributed by atoms with Crippen LogP contribution in [0.25, 0.3) is 0 Å². The van der Waals surface area contributed by atoms with Gasteiger partial charge in [-0.3, -0.25) is 4.98 Å². The molecule has 0 saturated carbocycles. The standard InChI is InChI=1S/C9H15N3OS/c1-7(2)5-8-3-4-9(6-12-8)14(10,11)13/h3-4,6-7H,5H2,1-2H3,(H3,10,11,13). The van der Waals surface area contributed by atoms with Gasteiger partial charge < -0.3 is 0 Å². The van der Waals surface area contributed by atoms with Crippen molar-refractivity contribution in [3.05, 3.63) is 24.0 Å². The Balaban J connectivity index is 2.90. The minimum Gasteiger partial charge on any atom is -0.260 e. The Bertz CT molecular complexity index is 395. The van der Waals surface area contributed by atoms with Crippen molar-refractivity contribution in [1.29, 1.82) is 4.78 Å². The van der Waals surface area contributed by atoms with Gasteiger partial charge in [0.05, 0.1) is 4.90 Å². The number of hydrogen-bond donors (Lipinski definition) is 2. The summed E-state index contributed by atoms with van der Waals surface area (Å²) in [6, 6.07) is 3.39. The van der Waals surface area contributed by atoms with Crippen LogP contribution in [0.15, 0.2) is 23.2 Å². The van der Waals surface area contributed by atoms with E-state index in [4.69, 9.17) is 9.92 Å². The number of hydrogen-bond acceptors (Lipinski definition) is 3. The van der Waals surface area contributed by atoms with Gasteiger partial charge in [-0.05, 0) is 24.5 Å². The molecular formula is C9H15N3OS. The topological polar surface area (TPSA) is 79.8 Å². The van der Waals surface area contributed by atoms with E-state index in [1.807, 2.05) is 0 Å². The maximum Gasteiger partial charge on any atom is 0.133 e. The summed E-state index contributed by atoms with van der Waals surface area (Å²) in [4.78, 5) is 4.39. The summed E-state index contributed by atoms with van der Waals surface area (Å²) in [6.07, 6.45) is 2.30. The largest absolute Gasteiger partial charge is 0.260 e. The number of nitrogens with two attached hydrogens (primary N) is 1. The Labute approximate surface area is 84.7 Å². The van der Waals surface area contributed by atoms with Gasteiger partial charge in [0.25, 0.3) is 0 Å². The number of nitrogens with one attached hydrogen (secondary N) is 1. The van der Waals surface area contributed by atoms with E-state index in [-0.39, 0.29) is 4.90 Å². The van der Waals surface area contributed by atoms with Gasteiger partial charge in [-0.2, -0.15) is 0 Å². The normalized spacial score (nSPS) is 15.4. The van der Waals surface area contributed by atoms with Gasteiger partial charge in [0.1, 0.15) is 9.92 Å². The molecule has 78 valence electrons. The number of rotatable bonds is 3. The van der Waals surface area contributed by atoms with E-state index in [1.165, 1.54) is 6.20 Å². The summed E-state index contributed by atoms with van der Waals surface area (Å²) >= 11 is 0. The van der Waals surface area contributed by atoms with E-state index in [2.05, 4.69) is 18.8 Å². The third-order valence-corrected chi connectivity index (χ3v) is 2.71. The predicted octanol–water partition coefficient (Wildman–Crippen LogP) is 1.56. The molecule has 1 unspecified atom stereocenters. The van der Waals surface area contributed by atoms with Crippen LogP contribution in [0.4, 0.5) is 0 Å². The lowest BCUT2D eigenvalue weighted by atomic mass is 10.1. The molecule has 0 aliphatic carbocycles. The first-order valence-electron chi connectivity index (χ1n) is 4.41. The van der Waals surface area contributed by atoms with E-state index in [0.29, 0.717) is 5.92 Å². The molecule has 0 aliphatic heterocycles. The molecule has 3 N–H and O–H groups in total. The van der Waals surface area contributed by atoms with Crippen molar-refractivity contribution in [3.8, 4) is 0 Å². The molecule has 1 heterocycles. The van der Waals surface area contributed by atoms with E-state index in [9.17, 15) is 4.21 Å². The van der Waals surface area contributed by atoms with E-state index in [0.717, 1.165) is 12.1 Å². The second kappa shape index (κ2) is 4.06. The van der Waals surface area contributed by atoms with E-state index >= 15 is 0 Å². The van der Waals surface area contributed by atoms with Crippen molar-refractivity contribution in [3.63, 3.8) is 0 Å². The minimum atomic E-state index is -3.11. The maximum atomic E-state index is 11.1. The van der Waals surface area contributed by atoms with Crippen LogP contribution >= 0.6 is 0 Å². The van der Waals surface area contributed by atoms with Gasteiger partial charge in [0.2, 0.25) is 0 Å². The zero-order chi connectivity index (χ0) is 10.8. The molecule has 4 nitrogen and oxygen atoms in total. The van der Waals surface area contributed by atoms with Gasteiger partial charge in [0.15, 0.2) is 0 Å². The third-order valence-electron chi connectivity index (χ3n) is 1.77. The Morgan fingerprint density at radius 1 is 1.57 bits per heavy atom. The lowest BCUT2D eigenvalue weighted by Gasteiger charge is -2.05. The quantitative estimate of drug-likeness (QED) is 0.799. The molecule has 0 aromatic carbocycles. The summed E-state index contributed by atoms with van der Waals surface area (Å²) < 4.78 is 18.3. The molecule has 1 aromatic heterocycles. The minimum absolute atomic E-state index is 0.282. The van der Waals surface area contributed by atoms with Crippen molar-refractivity contribution >= 4 is 9.92 Å². The summed E-state index contributed by atoms with van der Waals surface area (Å²) in [7, 11) is -3.11. The van der Waals surface area contributed by atoms with E-state index in [1.54, 1.807) is 12.1 Å². The molecule has 14 heavy (non-hydrogen) atoms. The summed E-state index contributed by atoms with van der Waals surface area (Å²) in [6.45, 7) is 4.21. The Hall–Kier alpha value is -0.940. The first-order valence-corrected chi connectivity index (χ1v) is 6.03. The maximum absolute atomic E-state index is 11.1. The van der Waals surface area contributed by atoms with Gasteiger partial charge in [-0.1, -0.05) is 13.8 Å². The molecule has 5 heteroatoms. The molecule has 0 aliphatic rings. The fourth-order valence-electron chi connectivity index (χ4n) is 1.13. The Kier molecular flexibility index (Phi) is 3.23. The van der Waals surface area contributed by atoms with E-state index < -0.39 is 9.92 Å². The highest BCUT2D eigenvalue weighted by Gasteiger charge is 2.04. The van der Waals surface area contributed by atoms with Crippen LogP contribution in [-0.4, -0.2) is 9.19 Å². The lowest BCUT2D eigenvalue weighted by molar-refractivity contribution is 0.634. The van der Waals surface area contributed by atoms with Gasteiger partial charge in [0, 0.05) is 11.9 Å². The first-order chi connectivity index (χ1) is 6.39. The van der Waals surface area contributed by atoms with Gasteiger partial charge in [-0.25, -0.2) is 14.1 Å². The summed E-state index contributed by atoms with van der Waals surface area (Å²) in [5, 5.41) is 5.16. The molecule has 0 bridgehead atoms. The monoisotopic (exact) mass is 213 g/mol. The number of pyridine rings is 1. The number of nitrogens with zero attached hydrogens (tertiary/aromatic N) is 1. The van der Waals surface area contributed by atoms with Crippen molar-refractivity contribution < 1.29 is 4.21 Å². The molecule has 1 aromatic rings. The zero-order valence-corrected chi connectivity index (χ0v) is 9.17. The molecule has 0 saturated heterocycles. The van der Waals surface area contributed by atoms with Crippen molar-refractivity contribution in [2.24, 2.45) is 11.1 Å². The van der Waals surface area contributed by atoms with Crippen LogP contribution in [0.3, 0.4) is 0 Å². The number of aromatic nitrogens is 1. The average molecular weight is 213 g/mol. The van der Waals surface area contributed by atoms with Crippen LogP contribution in [0.5, 0.6) is 0 Å². The smallest absolute Gasteiger partial charge is 0.133 e. The summed E-state index contributed by atoms with van der Waals surface area (Å²) in [5.41, 5.74) is 0.937. The van der Waals surface area contributed by atoms with Crippen molar-refractivity contribution in [2.45, 2.75) is 25.2 Å². The van der Waals surface area contributed by atoms with Crippen LogP contribution < -0.4 is 5.14 Å². The SMILES string of the molecule is CC(C)Cc1ccc(S(=N)(N)=O)cn1. The summed E-state index contributed by atoms with van der Waals surface area (Å²) in [5.74, 6) is 0.534. The van der Waals surface area contributed by atoms with Crippen LogP contribution in [0.2, 0.25) is 0 Å². The highest BCUT2D eigenvalue weighted by molar-refractivity contribution is 7.90. The molecule has 1 rings (SSSR count). The third kappa shape index (κ3) is 3.08. The molecular weight excluding hydrogens is 198 g/mol.